The van der Waals surface area contributed by atoms with Crippen LogP contribution >= 0.6 is 11.3 Å². The van der Waals surface area contributed by atoms with E-state index in [1.54, 1.807) is 30.5 Å². The van der Waals surface area contributed by atoms with Crippen LogP contribution in [-0.4, -0.2) is 41.9 Å². The minimum atomic E-state index is -0.333. The first-order valence-electron chi connectivity index (χ1n) is 7.14. The highest BCUT2D eigenvalue weighted by atomic mass is 32.1. The normalized spacial score (nSPS) is 10.2. The number of aromatic nitrogens is 1. The Labute approximate surface area is 139 Å². The highest BCUT2D eigenvalue weighted by Crippen LogP contribution is 2.10. The van der Waals surface area contributed by atoms with E-state index in [1.165, 1.54) is 4.90 Å². The van der Waals surface area contributed by atoms with Gasteiger partial charge in [-0.2, -0.15) is 0 Å². The Hall–Kier alpha value is -2.41. The number of amides is 2. The number of likely N-dealkylation sites (N-methyl/N-ethyl adjacent to an activating group) is 1. The summed E-state index contributed by atoms with van der Waals surface area (Å²) in [7, 11) is 1.68. The lowest BCUT2D eigenvalue weighted by Gasteiger charge is -2.16. The highest BCUT2D eigenvalue weighted by molar-refractivity contribution is 7.09. The molecule has 1 heterocycles. The summed E-state index contributed by atoms with van der Waals surface area (Å²) in [6.45, 7) is 2.17. The number of benzene rings is 1. The summed E-state index contributed by atoms with van der Waals surface area (Å²) in [5.74, 6) is 0.105. The molecule has 0 saturated carbocycles. The molecule has 0 aliphatic heterocycles. The van der Waals surface area contributed by atoms with E-state index in [1.807, 2.05) is 30.5 Å². The fourth-order valence-corrected chi connectivity index (χ4v) is 2.44. The number of ether oxygens (including phenoxy) is 1. The maximum absolute atomic E-state index is 12.0. The second kappa shape index (κ2) is 8.28. The van der Waals surface area contributed by atoms with Gasteiger partial charge in [0, 0.05) is 12.4 Å². The predicted octanol–water partition coefficient (Wildman–Crippen LogP) is 1.61. The molecular weight excluding hydrogens is 314 g/mol. The van der Waals surface area contributed by atoms with Gasteiger partial charge in [-0.05, 0) is 19.1 Å². The van der Waals surface area contributed by atoms with Gasteiger partial charge in [-0.3, -0.25) is 9.59 Å². The van der Waals surface area contributed by atoms with Crippen molar-refractivity contribution < 1.29 is 14.3 Å². The van der Waals surface area contributed by atoms with Crippen LogP contribution in [0.2, 0.25) is 0 Å². The lowest BCUT2D eigenvalue weighted by molar-refractivity contribution is -0.132. The zero-order chi connectivity index (χ0) is 16.7. The summed E-state index contributed by atoms with van der Waals surface area (Å²) in [5.41, 5.74) is 0.849. The molecular formula is C16H19N3O3S. The number of nitrogens with zero attached hydrogens (tertiary/aromatic N) is 2. The SMILES string of the molecule is Cc1nc(CN(C)C(=O)CNC(=O)COc2ccccc2)cs1. The van der Waals surface area contributed by atoms with Crippen molar-refractivity contribution in [2.24, 2.45) is 0 Å². The van der Waals surface area contributed by atoms with Crippen LogP contribution in [0, 0.1) is 6.92 Å². The van der Waals surface area contributed by atoms with Crippen molar-refractivity contribution in [1.29, 1.82) is 0 Å². The van der Waals surface area contributed by atoms with Crippen LogP contribution in [0.4, 0.5) is 0 Å². The van der Waals surface area contributed by atoms with E-state index in [9.17, 15) is 9.59 Å². The van der Waals surface area contributed by atoms with Crippen LogP contribution in [-0.2, 0) is 16.1 Å². The van der Waals surface area contributed by atoms with E-state index in [-0.39, 0.29) is 25.0 Å². The predicted molar refractivity (Wildman–Crippen MR) is 88.3 cm³/mol. The van der Waals surface area contributed by atoms with Crippen molar-refractivity contribution in [3.05, 3.63) is 46.4 Å². The van der Waals surface area contributed by atoms with Gasteiger partial charge >= 0.3 is 0 Å². The summed E-state index contributed by atoms with van der Waals surface area (Å²) in [4.78, 5) is 29.5. The average molecular weight is 333 g/mol. The van der Waals surface area contributed by atoms with Gasteiger partial charge in [0.25, 0.3) is 5.91 Å². The molecule has 2 rings (SSSR count). The van der Waals surface area contributed by atoms with Crippen LogP contribution < -0.4 is 10.1 Å². The van der Waals surface area contributed by atoms with Gasteiger partial charge < -0.3 is 15.0 Å². The first kappa shape index (κ1) is 17.0. The quantitative estimate of drug-likeness (QED) is 0.835. The van der Waals surface area contributed by atoms with Gasteiger partial charge in [0.05, 0.1) is 23.8 Å². The molecule has 0 radical (unpaired) electrons. The van der Waals surface area contributed by atoms with Crippen molar-refractivity contribution in [2.75, 3.05) is 20.2 Å². The zero-order valence-electron chi connectivity index (χ0n) is 13.1. The lowest BCUT2D eigenvalue weighted by atomic mass is 10.3. The average Bonchev–Trinajstić information content (AvgIpc) is 2.96. The molecule has 23 heavy (non-hydrogen) atoms. The second-order valence-corrected chi connectivity index (χ2v) is 6.05. The Balaban J connectivity index is 1.69. The molecule has 0 fully saturated rings. The van der Waals surface area contributed by atoms with E-state index in [2.05, 4.69) is 10.3 Å². The van der Waals surface area contributed by atoms with Crippen molar-refractivity contribution in [3.8, 4) is 5.75 Å². The van der Waals surface area contributed by atoms with Gasteiger partial charge in [-0.1, -0.05) is 18.2 Å². The summed E-state index contributed by atoms with van der Waals surface area (Å²) in [5, 5.41) is 5.44. The van der Waals surface area contributed by atoms with E-state index >= 15 is 0 Å². The van der Waals surface area contributed by atoms with E-state index < -0.39 is 0 Å². The van der Waals surface area contributed by atoms with Crippen LogP contribution in [0.1, 0.15) is 10.7 Å². The summed E-state index contributed by atoms with van der Waals surface area (Å²) in [6, 6.07) is 9.05. The molecule has 0 saturated heterocycles. The Bertz CT molecular complexity index is 658. The van der Waals surface area contributed by atoms with Gasteiger partial charge in [-0.25, -0.2) is 4.98 Å². The van der Waals surface area contributed by atoms with E-state index in [0.717, 1.165) is 10.7 Å². The molecule has 2 aromatic rings. The third kappa shape index (κ3) is 5.71. The summed E-state index contributed by atoms with van der Waals surface area (Å²) >= 11 is 1.55. The fourth-order valence-electron chi connectivity index (χ4n) is 1.84. The first-order valence-corrected chi connectivity index (χ1v) is 8.02. The number of carbonyl (C=O) groups is 2. The summed E-state index contributed by atoms with van der Waals surface area (Å²) in [6.07, 6.45) is 0. The van der Waals surface area contributed by atoms with Crippen LogP contribution in [0.15, 0.2) is 35.7 Å². The molecule has 0 bridgehead atoms. The topological polar surface area (TPSA) is 71.5 Å². The molecule has 2 amide bonds. The Morgan fingerprint density at radius 1 is 1.30 bits per heavy atom. The minimum Gasteiger partial charge on any atom is -0.484 e. The molecule has 0 aliphatic rings. The summed E-state index contributed by atoms with van der Waals surface area (Å²) < 4.78 is 5.31. The van der Waals surface area contributed by atoms with Gasteiger partial charge in [0.2, 0.25) is 5.91 Å². The zero-order valence-corrected chi connectivity index (χ0v) is 13.9. The standard InChI is InChI=1S/C16H19N3O3S/c1-12-18-13(11-23-12)9-19(2)16(21)8-17-15(20)10-22-14-6-4-3-5-7-14/h3-7,11H,8-10H2,1-2H3,(H,17,20). The van der Waals surface area contributed by atoms with Crippen LogP contribution in [0.25, 0.3) is 0 Å². The molecule has 1 aromatic heterocycles. The monoisotopic (exact) mass is 333 g/mol. The highest BCUT2D eigenvalue weighted by Gasteiger charge is 2.12. The van der Waals surface area contributed by atoms with Crippen molar-refractivity contribution in [1.82, 2.24) is 15.2 Å². The van der Waals surface area contributed by atoms with Gasteiger partial charge in [-0.15, -0.1) is 11.3 Å². The van der Waals surface area contributed by atoms with E-state index in [4.69, 9.17) is 4.74 Å². The molecule has 1 aromatic carbocycles. The maximum atomic E-state index is 12.0. The van der Waals surface area contributed by atoms with Gasteiger partial charge in [0.1, 0.15) is 5.75 Å². The molecule has 0 aliphatic carbocycles. The molecule has 6 nitrogen and oxygen atoms in total. The Morgan fingerprint density at radius 2 is 2.04 bits per heavy atom. The lowest BCUT2D eigenvalue weighted by Crippen LogP contribution is -2.39. The molecule has 1 N–H and O–H groups in total. The second-order valence-electron chi connectivity index (χ2n) is 4.99. The number of nitrogens with one attached hydrogen (secondary N) is 1. The molecule has 0 unspecified atom stereocenters. The number of rotatable bonds is 7. The van der Waals surface area contributed by atoms with Crippen molar-refractivity contribution in [3.63, 3.8) is 0 Å². The van der Waals surface area contributed by atoms with Crippen molar-refractivity contribution >= 4 is 23.2 Å². The number of hydrogen-bond acceptors (Lipinski definition) is 5. The Kier molecular flexibility index (Phi) is 6.10. The third-order valence-corrected chi connectivity index (χ3v) is 3.86. The first-order chi connectivity index (χ1) is 11.0. The van der Waals surface area contributed by atoms with Crippen LogP contribution in [0.3, 0.4) is 0 Å². The fraction of sp³-hybridized carbons (Fsp3) is 0.312. The largest absolute Gasteiger partial charge is 0.484 e. The molecule has 122 valence electrons. The minimum absolute atomic E-state index is 0.0589. The number of para-hydroxylation sites is 1. The van der Waals surface area contributed by atoms with Crippen LogP contribution in [0.5, 0.6) is 5.75 Å². The third-order valence-electron chi connectivity index (χ3n) is 3.04. The molecule has 0 spiro atoms. The molecule has 7 heteroatoms. The van der Waals surface area contributed by atoms with Gasteiger partial charge in [0.15, 0.2) is 6.61 Å². The smallest absolute Gasteiger partial charge is 0.258 e. The number of carbonyl (C=O) groups excluding carboxylic acids is 2. The number of hydrogen-bond donors (Lipinski definition) is 1. The van der Waals surface area contributed by atoms with Crippen molar-refractivity contribution in [2.45, 2.75) is 13.5 Å². The van der Waals surface area contributed by atoms with E-state index in [0.29, 0.717) is 12.3 Å². The number of aryl methyl sites for hydroxylation is 1. The Morgan fingerprint density at radius 3 is 2.70 bits per heavy atom. The number of thiazole rings is 1. The maximum Gasteiger partial charge on any atom is 0.258 e. The molecule has 0 atom stereocenters.